The fraction of sp³-hybridized carbons (Fsp3) is 0.917. The molecule has 0 aromatic heterocycles. The summed E-state index contributed by atoms with van der Waals surface area (Å²) in [5.41, 5.74) is -0.0753. The highest BCUT2D eigenvalue weighted by Gasteiger charge is 2.36. The van der Waals surface area contributed by atoms with Crippen LogP contribution in [0.4, 0.5) is 0 Å². The predicted octanol–water partition coefficient (Wildman–Crippen LogP) is 0.212. The lowest BCUT2D eigenvalue weighted by Gasteiger charge is -2.27. The van der Waals surface area contributed by atoms with Gasteiger partial charge in [-0.1, -0.05) is 6.42 Å². The Bertz CT molecular complexity index is 413. The molecule has 2 rings (SSSR count). The van der Waals surface area contributed by atoms with Crippen LogP contribution in [0.5, 0.6) is 0 Å². The Hall–Kier alpha value is -0.620. The molecule has 0 aromatic carbocycles. The second kappa shape index (κ2) is 5.17. The fourth-order valence-corrected chi connectivity index (χ4v) is 4.58. The van der Waals surface area contributed by atoms with E-state index in [-0.39, 0.29) is 17.2 Å². The first-order valence-corrected chi connectivity index (χ1v) is 8.39. The molecule has 0 radical (unpaired) electrons. The third-order valence-corrected chi connectivity index (χ3v) is 6.16. The van der Waals surface area contributed by atoms with Crippen LogP contribution < -0.4 is 10.6 Å². The minimum absolute atomic E-state index is 0.0753. The molecule has 0 aliphatic carbocycles. The quantitative estimate of drug-likeness (QED) is 0.771. The summed E-state index contributed by atoms with van der Waals surface area (Å²) in [5.74, 6) is -0.162. The van der Waals surface area contributed by atoms with Gasteiger partial charge >= 0.3 is 0 Å². The Kier molecular flexibility index (Phi) is 3.96. The van der Waals surface area contributed by atoms with Crippen molar-refractivity contribution in [3.05, 3.63) is 0 Å². The van der Waals surface area contributed by atoms with E-state index < -0.39 is 15.1 Å². The van der Waals surface area contributed by atoms with Gasteiger partial charge in [0.15, 0.2) is 9.84 Å². The van der Waals surface area contributed by atoms with Gasteiger partial charge in [-0.25, -0.2) is 8.42 Å². The summed E-state index contributed by atoms with van der Waals surface area (Å²) >= 11 is 0. The standard InChI is InChI=1S/C12H22N2O3S/c1-12(6-4-7-14-12)9-13-11(15)10-5-2-3-8-18(10,16)17/h10,14H,2-9H2,1H3,(H,13,15). The second-order valence-corrected chi connectivity index (χ2v) is 7.96. The monoisotopic (exact) mass is 274 g/mol. The van der Waals surface area contributed by atoms with Crippen LogP contribution in [0.1, 0.15) is 39.0 Å². The largest absolute Gasteiger partial charge is 0.353 e. The maximum Gasteiger partial charge on any atom is 0.238 e. The molecule has 2 aliphatic rings. The molecule has 1 amide bonds. The molecule has 2 fully saturated rings. The maximum absolute atomic E-state index is 12.0. The molecule has 104 valence electrons. The maximum atomic E-state index is 12.0. The first-order chi connectivity index (χ1) is 8.43. The fourth-order valence-electron chi connectivity index (χ4n) is 2.75. The lowest BCUT2D eigenvalue weighted by Crippen LogP contribution is -2.51. The van der Waals surface area contributed by atoms with Crippen LogP contribution in [0.25, 0.3) is 0 Å². The number of carbonyl (C=O) groups is 1. The average Bonchev–Trinajstić information content (AvgIpc) is 2.73. The van der Waals surface area contributed by atoms with Crippen molar-refractivity contribution in [3.8, 4) is 0 Å². The van der Waals surface area contributed by atoms with Gasteiger partial charge in [0.2, 0.25) is 5.91 Å². The highest BCUT2D eigenvalue weighted by atomic mass is 32.2. The minimum Gasteiger partial charge on any atom is -0.353 e. The number of sulfone groups is 1. The van der Waals surface area contributed by atoms with Gasteiger partial charge in [0.05, 0.1) is 5.75 Å². The van der Waals surface area contributed by atoms with Crippen LogP contribution in [0.3, 0.4) is 0 Å². The summed E-state index contributed by atoms with van der Waals surface area (Å²) in [6.45, 7) is 3.54. The zero-order valence-electron chi connectivity index (χ0n) is 10.9. The van der Waals surface area contributed by atoms with E-state index >= 15 is 0 Å². The second-order valence-electron chi connectivity index (χ2n) is 5.66. The SMILES string of the molecule is CC1(CNC(=O)C2CCCCS2(=O)=O)CCCN1. The molecule has 2 saturated heterocycles. The van der Waals surface area contributed by atoms with Gasteiger partial charge in [0, 0.05) is 12.1 Å². The van der Waals surface area contributed by atoms with Crippen LogP contribution in [0.15, 0.2) is 0 Å². The Labute approximate surface area is 109 Å². The molecule has 2 N–H and O–H groups in total. The molecule has 6 heteroatoms. The highest BCUT2D eigenvalue weighted by Crippen LogP contribution is 2.21. The van der Waals surface area contributed by atoms with Gasteiger partial charge in [-0.05, 0) is 39.2 Å². The molecule has 18 heavy (non-hydrogen) atoms. The normalized spacial score (nSPS) is 35.3. The van der Waals surface area contributed by atoms with Gasteiger partial charge in [0.25, 0.3) is 0 Å². The van der Waals surface area contributed by atoms with Crippen molar-refractivity contribution in [2.45, 2.75) is 49.8 Å². The Morgan fingerprint density at radius 2 is 2.17 bits per heavy atom. The zero-order chi connectivity index (χ0) is 13.2. The highest BCUT2D eigenvalue weighted by molar-refractivity contribution is 7.92. The molecule has 2 atom stereocenters. The van der Waals surface area contributed by atoms with Crippen molar-refractivity contribution in [1.29, 1.82) is 0 Å². The van der Waals surface area contributed by atoms with E-state index in [2.05, 4.69) is 17.6 Å². The summed E-state index contributed by atoms with van der Waals surface area (Å²) in [7, 11) is -3.22. The first-order valence-electron chi connectivity index (χ1n) is 6.67. The lowest BCUT2D eigenvalue weighted by molar-refractivity contribution is -0.121. The van der Waals surface area contributed by atoms with Crippen molar-refractivity contribution in [3.63, 3.8) is 0 Å². The Balaban J connectivity index is 1.91. The van der Waals surface area contributed by atoms with E-state index in [0.29, 0.717) is 19.4 Å². The number of hydrogen-bond acceptors (Lipinski definition) is 4. The van der Waals surface area contributed by atoms with Crippen LogP contribution in [0, 0.1) is 0 Å². The molecule has 0 bridgehead atoms. The van der Waals surface area contributed by atoms with Crippen LogP contribution in [-0.4, -0.2) is 44.0 Å². The summed E-state index contributed by atoms with van der Waals surface area (Å²) < 4.78 is 23.6. The molecular formula is C12H22N2O3S. The van der Waals surface area contributed by atoms with Gasteiger partial charge in [-0.3, -0.25) is 4.79 Å². The lowest BCUT2D eigenvalue weighted by atomic mass is 10.0. The summed E-state index contributed by atoms with van der Waals surface area (Å²) in [5, 5.41) is 5.33. The van der Waals surface area contributed by atoms with Crippen LogP contribution in [0.2, 0.25) is 0 Å². The van der Waals surface area contributed by atoms with E-state index in [4.69, 9.17) is 0 Å². The first kappa shape index (κ1) is 13.8. The predicted molar refractivity (Wildman–Crippen MR) is 70.1 cm³/mol. The number of nitrogens with one attached hydrogen (secondary N) is 2. The van der Waals surface area contributed by atoms with E-state index in [1.807, 2.05) is 0 Å². The van der Waals surface area contributed by atoms with E-state index in [0.717, 1.165) is 25.8 Å². The molecule has 0 aromatic rings. The van der Waals surface area contributed by atoms with Crippen molar-refractivity contribution in [1.82, 2.24) is 10.6 Å². The third-order valence-electron chi connectivity index (χ3n) is 3.98. The average molecular weight is 274 g/mol. The summed E-state index contributed by atoms with van der Waals surface area (Å²) in [4.78, 5) is 12.0. The zero-order valence-corrected chi connectivity index (χ0v) is 11.7. The molecule has 5 nitrogen and oxygen atoms in total. The van der Waals surface area contributed by atoms with Crippen molar-refractivity contribution >= 4 is 15.7 Å². The number of carbonyl (C=O) groups excluding carboxylic acids is 1. The van der Waals surface area contributed by atoms with E-state index in [1.165, 1.54) is 0 Å². The number of hydrogen-bond donors (Lipinski definition) is 2. The molecule has 2 aliphatic heterocycles. The number of rotatable bonds is 3. The minimum atomic E-state index is -3.22. The van der Waals surface area contributed by atoms with E-state index in [1.54, 1.807) is 0 Å². The van der Waals surface area contributed by atoms with Crippen LogP contribution in [-0.2, 0) is 14.6 Å². The molecule has 2 unspecified atom stereocenters. The van der Waals surface area contributed by atoms with Gasteiger partial charge in [0.1, 0.15) is 5.25 Å². The Morgan fingerprint density at radius 1 is 1.39 bits per heavy atom. The summed E-state index contributed by atoms with van der Waals surface area (Å²) in [6, 6.07) is 0. The third kappa shape index (κ3) is 3.03. The van der Waals surface area contributed by atoms with Gasteiger partial charge in [-0.2, -0.15) is 0 Å². The van der Waals surface area contributed by atoms with Crippen molar-refractivity contribution < 1.29 is 13.2 Å². The Morgan fingerprint density at radius 3 is 2.78 bits per heavy atom. The van der Waals surface area contributed by atoms with Gasteiger partial charge in [-0.15, -0.1) is 0 Å². The number of amides is 1. The van der Waals surface area contributed by atoms with E-state index in [9.17, 15) is 13.2 Å². The molecule has 0 spiro atoms. The molecular weight excluding hydrogens is 252 g/mol. The topological polar surface area (TPSA) is 75.3 Å². The van der Waals surface area contributed by atoms with Crippen molar-refractivity contribution in [2.75, 3.05) is 18.8 Å². The van der Waals surface area contributed by atoms with Gasteiger partial charge < -0.3 is 10.6 Å². The van der Waals surface area contributed by atoms with Crippen LogP contribution >= 0.6 is 0 Å². The molecule has 0 saturated carbocycles. The molecule has 2 heterocycles. The van der Waals surface area contributed by atoms with Crippen molar-refractivity contribution in [2.24, 2.45) is 0 Å². The smallest absolute Gasteiger partial charge is 0.238 e. The summed E-state index contributed by atoms with van der Waals surface area (Å²) in [6.07, 6.45) is 4.11.